The second-order valence-electron chi connectivity index (χ2n) is 5.96. The van der Waals surface area contributed by atoms with Crippen molar-refractivity contribution >= 4 is 10.0 Å². The summed E-state index contributed by atoms with van der Waals surface area (Å²) in [5, 5.41) is 0. The molecule has 0 aliphatic heterocycles. The first kappa shape index (κ1) is 16.2. The molecule has 4 heteroatoms. The Morgan fingerprint density at radius 2 is 1.86 bits per heavy atom. The molecule has 0 saturated heterocycles. The molecular weight excluding hydrogens is 282 g/mol. The summed E-state index contributed by atoms with van der Waals surface area (Å²) in [7, 11) is -3.45. The van der Waals surface area contributed by atoms with Gasteiger partial charge in [0.05, 0.1) is 4.90 Å². The number of hydrogen-bond acceptors (Lipinski definition) is 2. The van der Waals surface area contributed by atoms with E-state index in [1.807, 2.05) is 25.1 Å². The average molecular weight is 307 g/mol. The molecule has 21 heavy (non-hydrogen) atoms. The molecule has 1 fully saturated rings. The van der Waals surface area contributed by atoms with Crippen molar-refractivity contribution in [2.75, 3.05) is 0 Å². The minimum atomic E-state index is -3.45. The third-order valence-electron chi connectivity index (χ3n) is 4.28. The maximum absolute atomic E-state index is 12.5. The molecule has 0 aromatic heterocycles. The lowest BCUT2D eigenvalue weighted by Gasteiger charge is -2.30. The fraction of sp³-hybridized carbons (Fsp3) is 0.529. The predicted molar refractivity (Wildman–Crippen MR) is 86.7 cm³/mol. The Kier molecular flexibility index (Phi) is 5.59. The summed E-state index contributed by atoms with van der Waals surface area (Å²) in [5.41, 5.74) is 1.06. The van der Waals surface area contributed by atoms with Crippen LogP contribution in [0.15, 0.2) is 41.8 Å². The zero-order valence-electron chi connectivity index (χ0n) is 12.7. The largest absolute Gasteiger partial charge is 0.240 e. The normalized spacial score (nSPS) is 18.3. The molecule has 116 valence electrons. The molecule has 1 atom stereocenters. The third-order valence-corrected chi connectivity index (χ3v) is 5.78. The van der Waals surface area contributed by atoms with Crippen molar-refractivity contribution in [3.8, 4) is 0 Å². The molecule has 1 saturated carbocycles. The van der Waals surface area contributed by atoms with E-state index in [9.17, 15) is 8.42 Å². The predicted octanol–water partition coefficient (Wildman–Crippen LogP) is 3.80. The van der Waals surface area contributed by atoms with Gasteiger partial charge in [-0.15, -0.1) is 6.58 Å². The molecule has 1 unspecified atom stereocenters. The van der Waals surface area contributed by atoms with Crippen LogP contribution in [0.3, 0.4) is 0 Å². The Morgan fingerprint density at radius 1 is 1.24 bits per heavy atom. The number of aryl methyl sites for hydroxylation is 1. The summed E-state index contributed by atoms with van der Waals surface area (Å²) in [6.07, 6.45) is 8.38. The number of hydrogen-bond donors (Lipinski definition) is 1. The van der Waals surface area contributed by atoms with Crippen molar-refractivity contribution in [2.24, 2.45) is 5.92 Å². The fourth-order valence-corrected chi connectivity index (χ4v) is 4.36. The van der Waals surface area contributed by atoms with Crippen LogP contribution in [0.2, 0.25) is 0 Å². The number of rotatable bonds is 6. The lowest BCUT2D eigenvalue weighted by atomic mass is 9.83. The first-order chi connectivity index (χ1) is 10.0. The number of sulfonamides is 1. The van der Waals surface area contributed by atoms with Crippen LogP contribution in [0.5, 0.6) is 0 Å². The summed E-state index contributed by atoms with van der Waals surface area (Å²) in [6, 6.07) is 6.97. The lowest BCUT2D eigenvalue weighted by Crippen LogP contribution is -2.40. The van der Waals surface area contributed by atoms with Gasteiger partial charge in [0, 0.05) is 6.04 Å². The van der Waals surface area contributed by atoms with Gasteiger partial charge in [0.15, 0.2) is 0 Å². The summed E-state index contributed by atoms with van der Waals surface area (Å²) in [4.78, 5) is 0.345. The standard InChI is InChI=1S/C17H25NO2S/c1-3-7-17(15-8-5-4-6-9-15)18-21(19,20)16-12-10-14(2)11-13-16/h3,10-13,15,17-18H,1,4-9H2,2H3. The van der Waals surface area contributed by atoms with Crippen LogP contribution in [0, 0.1) is 12.8 Å². The second kappa shape index (κ2) is 7.23. The molecule has 0 heterocycles. The van der Waals surface area contributed by atoms with Gasteiger partial charge in [0.25, 0.3) is 0 Å². The molecule has 0 amide bonds. The Balaban J connectivity index is 2.14. The number of nitrogens with one attached hydrogen (secondary N) is 1. The topological polar surface area (TPSA) is 46.2 Å². The lowest BCUT2D eigenvalue weighted by molar-refractivity contribution is 0.291. The van der Waals surface area contributed by atoms with Crippen molar-refractivity contribution in [3.05, 3.63) is 42.5 Å². The molecule has 1 aromatic rings. The van der Waals surface area contributed by atoms with E-state index >= 15 is 0 Å². The van der Waals surface area contributed by atoms with E-state index in [0.717, 1.165) is 18.4 Å². The van der Waals surface area contributed by atoms with Crippen LogP contribution in [0.4, 0.5) is 0 Å². The van der Waals surface area contributed by atoms with Gasteiger partial charge < -0.3 is 0 Å². The third kappa shape index (κ3) is 4.42. The second-order valence-corrected chi connectivity index (χ2v) is 7.68. The smallest absolute Gasteiger partial charge is 0.207 e. The average Bonchev–Trinajstić information content (AvgIpc) is 2.48. The monoisotopic (exact) mass is 307 g/mol. The Bertz CT molecular complexity index is 557. The molecule has 1 aliphatic carbocycles. The molecule has 0 bridgehead atoms. The van der Waals surface area contributed by atoms with Gasteiger partial charge in [-0.05, 0) is 44.2 Å². The molecule has 1 N–H and O–H groups in total. The molecule has 1 aromatic carbocycles. The summed E-state index contributed by atoms with van der Waals surface area (Å²) in [6.45, 7) is 5.73. The first-order valence-corrected chi connectivity index (χ1v) is 9.21. The number of benzene rings is 1. The van der Waals surface area contributed by atoms with Crippen LogP contribution in [0.25, 0.3) is 0 Å². The van der Waals surface area contributed by atoms with E-state index in [1.54, 1.807) is 12.1 Å². The van der Waals surface area contributed by atoms with Crippen molar-refractivity contribution in [1.82, 2.24) is 4.72 Å². The van der Waals surface area contributed by atoms with Gasteiger partial charge in [0.2, 0.25) is 10.0 Å². The van der Waals surface area contributed by atoms with Crippen molar-refractivity contribution < 1.29 is 8.42 Å². The van der Waals surface area contributed by atoms with E-state index in [2.05, 4.69) is 11.3 Å². The van der Waals surface area contributed by atoms with Gasteiger partial charge in [-0.1, -0.05) is 43.0 Å². The SMILES string of the molecule is C=CCC(NS(=O)(=O)c1ccc(C)cc1)C1CCCCC1. The van der Waals surface area contributed by atoms with Crippen molar-refractivity contribution in [1.29, 1.82) is 0 Å². The molecule has 2 rings (SSSR count). The highest BCUT2D eigenvalue weighted by atomic mass is 32.2. The maximum atomic E-state index is 12.5. The van der Waals surface area contributed by atoms with Gasteiger partial charge >= 0.3 is 0 Å². The molecule has 0 spiro atoms. The molecule has 1 aliphatic rings. The zero-order chi connectivity index (χ0) is 15.3. The zero-order valence-corrected chi connectivity index (χ0v) is 13.5. The van der Waals surface area contributed by atoms with Gasteiger partial charge in [-0.25, -0.2) is 13.1 Å². The quantitative estimate of drug-likeness (QED) is 0.813. The van der Waals surface area contributed by atoms with Crippen LogP contribution in [-0.4, -0.2) is 14.5 Å². The molecule has 3 nitrogen and oxygen atoms in total. The van der Waals surface area contributed by atoms with Crippen molar-refractivity contribution in [3.63, 3.8) is 0 Å². The van der Waals surface area contributed by atoms with E-state index in [1.165, 1.54) is 19.3 Å². The van der Waals surface area contributed by atoms with Gasteiger partial charge in [-0.3, -0.25) is 0 Å². The minimum absolute atomic E-state index is 0.0332. The summed E-state index contributed by atoms with van der Waals surface area (Å²) in [5.74, 6) is 0.428. The Hall–Kier alpha value is -1.13. The van der Waals surface area contributed by atoms with Crippen LogP contribution in [-0.2, 0) is 10.0 Å². The van der Waals surface area contributed by atoms with Crippen LogP contribution < -0.4 is 4.72 Å². The molecule has 0 radical (unpaired) electrons. The highest BCUT2D eigenvalue weighted by Crippen LogP contribution is 2.28. The summed E-state index contributed by atoms with van der Waals surface area (Å²) >= 11 is 0. The fourth-order valence-electron chi connectivity index (χ4n) is 3.04. The highest BCUT2D eigenvalue weighted by molar-refractivity contribution is 7.89. The van der Waals surface area contributed by atoms with E-state index < -0.39 is 10.0 Å². The minimum Gasteiger partial charge on any atom is -0.207 e. The Morgan fingerprint density at radius 3 is 2.43 bits per heavy atom. The Labute approximate surface area is 128 Å². The van der Waals surface area contributed by atoms with Crippen LogP contribution in [0.1, 0.15) is 44.1 Å². The van der Waals surface area contributed by atoms with Gasteiger partial charge in [0.1, 0.15) is 0 Å². The van der Waals surface area contributed by atoms with Crippen LogP contribution >= 0.6 is 0 Å². The first-order valence-electron chi connectivity index (χ1n) is 7.73. The maximum Gasteiger partial charge on any atom is 0.240 e. The highest BCUT2D eigenvalue weighted by Gasteiger charge is 2.27. The van der Waals surface area contributed by atoms with E-state index in [0.29, 0.717) is 17.2 Å². The van der Waals surface area contributed by atoms with Gasteiger partial charge in [-0.2, -0.15) is 0 Å². The molecular formula is C17H25NO2S. The van der Waals surface area contributed by atoms with Crippen molar-refractivity contribution in [2.45, 2.75) is 56.4 Å². The van der Waals surface area contributed by atoms with E-state index in [4.69, 9.17) is 0 Å². The summed E-state index contributed by atoms with van der Waals surface area (Å²) < 4.78 is 28.0. The van der Waals surface area contributed by atoms with E-state index in [-0.39, 0.29) is 6.04 Å².